The van der Waals surface area contributed by atoms with Crippen LogP contribution in [0.3, 0.4) is 0 Å². The highest BCUT2D eigenvalue weighted by Gasteiger charge is 2.10. The quantitative estimate of drug-likeness (QED) is 0.728. The predicted molar refractivity (Wildman–Crippen MR) is 67.6 cm³/mol. The summed E-state index contributed by atoms with van der Waals surface area (Å²) in [5.74, 6) is 0. The summed E-state index contributed by atoms with van der Waals surface area (Å²) < 4.78 is 11.1. The van der Waals surface area contributed by atoms with Gasteiger partial charge in [0.05, 0.1) is 19.8 Å². The van der Waals surface area contributed by atoms with Gasteiger partial charge >= 0.3 is 0 Å². The fraction of sp³-hybridized carbons (Fsp3) is 0.692. The second-order valence-electron chi connectivity index (χ2n) is 4.51. The van der Waals surface area contributed by atoms with Crippen molar-refractivity contribution in [2.24, 2.45) is 0 Å². The van der Waals surface area contributed by atoms with Gasteiger partial charge in [-0.1, -0.05) is 0 Å². The Hall–Kier alpha value is -0.840. The minimum absolute atomic E-state index is 0.0460. The van der Waals surface area contributed by atoms with Crippen LogP contribution in [0.1, 0.15) is 13.3 Å². The van der Waals surface area contributed by atoms with Gasteiger partial charge in [0.2, 0.25) is 0 Å². The predicted octanol–water partition coefficient (Wildman–Crippen LogP) is 1.11. The van der Waals surface area contributed by atoms with Crippen LogP contribution in [0, 0.1) is 0 Å². The van der Waals surface area contributed by atoms with Gasteiger partial charge in [-0.25, -0.2) is 0 Å². The molecule has 0 bridgehead atoms. The fourth-order valence-corrected chi connectivity index (χ4v) is 2.04. The third kappa shape index (κ3) is 4.50. The molecule has 0 amide bonds. The van der Waals surface area contributed by atoms with E-state index in [0.29, 0.717) is 0 Å². The van der Waals surface area contributed by atoms with Gasteiger partial charge in [0, 0.05) is 19.6 Å². The number of hydrogen-bond donors (Lipinski definition) is 1. The highest BCUT2D eigenvalue weighted by atomic mass is 16.5. The number of allylic oxidation sites excluding steroid dienone is 2. The molecule has 96 valence electrons. The standard InChI is InChI=1S/C13H22N2O2/c1-12-3-4-14-13(11-12)17-8-2-5-15-6-9-16-10-7-15/h3-4,11,13-14H,2,5-10H2,1H3. The van der Waals surface area contributed by atoms with Crippen LogP contribution in [0.15, 0.2) is 23.9 Å². The number of nitrogens with one attached hydrogen (secondary N) is 1. The monoisotopic (exact) mass is 238 g/mol. The van der Waals surface area contributed by atoms with E-state index in [9.17, 15) is 0 Å². The molecule has 2 heterocycles. The largest absolute Gasteiger partial charge is 0.379 e. The topological polar surface area (TPSA) is 33.7 Å². The average Bonchev–Trinajstić information content (AvgIpc) is 2.36. The molecule has 2 rings (SSSR count). The van der Waals surface area contributed by atoms with E-state index < -0.39 is 0 Å². The Morgan fingerprint density at radius 1 is 1.47 bits per heavy atom. The van der Waals surface area contributed by atoms with Gasteiger partial charge in [-0.15, -0.1) is 0 Å². The van der Waals surface area contributed by atoms with Crippen molar-refractivity contribution < 1.29 is 9.47 Å². The first-order chi connectivity index (χ1) is 8.34. The van der Waals surface area contributed by atoms with Crippen molar-refractivity contribution in [1.82, 2.24) is 10.2 Å². The molecule has 1 N–H and O–H groups in total. The summed E-state index contributed by atoms with van der Waals surface area (Å²) in [6.45, 7) is 7.85. The summed E-state index contributed by atoms with van der Waals surface area (Å²) >= 11 is 0. The maximum absolute atomic E-state index is 5.75. The van der Waals surface area contributed by atoms with Crippen LogP contribution in [0.2, 0.25) is 0 Å². The van der Waals surface area contributed by atoms with Crippen LogP contribution < -0.4 is 5.32 Å². The molecule has 2 aliphatic rings. The summed E-state index contributed by atoms with van der Waals surface area (Å²) in [4.78, 5) is 2.43. The molecular formula is C13H22N2O2. The summed E-state index contributed by atoms with van der Waals surface area (Å²) in [7, 11) is 0. The van der Waals surface area contributed by atoms with Crippen molar-refractivity contribution in [3.8, 4) is 0 Å². The normalized spacial score (nSPS) is 25.5. The molecule has 0 saturated carbocycles. The first-order valence-electron chi connectivity index (χ1n) is 6.37. The molecule has 0 radical (unpaired) electrons. The van der Waals surface area contributed by atoms with Crippen LogP contribution in [0.4, 0.5) is 0 Å². The van der Waals surface area contributed by atoms with Gasteiger partial charge in [0.25, 0.3) is 0 Å². The number of morpholine rings is 1. The molecule has 4 heteroatoms. The van der Waals surface area contributed by atoms with Gasteiger partial charge in [0.1, 0.15) is 6.23 Å². The van der Waals surface area contributed by atoms with Gasteiger partial charge in [0.15, 0.2) is 0 Å². The van der Waals surface area contributed by atoms with Gasteiger partial charge < -0.3 is 14.8 Å². The highest BCUT2D eigenvalue weighted by molar-refractivity contribution is 5.20. The molecule has 17 heavy (non-hydrogen) atoms. The minimum Gasteiger partial charge on any atom is -0.379 e. The van der Waals surface area contributed by atoms with Crippen molar-refractivity contribution in [3.63, 3.8) is 0 Å². The highest BCUT2D eigenvalue weighted by Crippen LogP contribution is 2.05. The maximum Gasteiger partial charge on any atom is 0.147 e. The molecule has 1 atom stereocenters. The zero-order chi connectivity index (χ0) is 11.9. The van der Waals surface area contributed by atoms with E-state index in [2.05, 4.69) is 23.2 Å². The van der Waals surface area contributed by atoms with Gasteiger partial charge in [-0.2, -0.15) is 0 Å². The van der Waals surface area contributed by atoms with E-state index in [1.54, 1.807) is 0 Å². The van der Waals surface area contributed by atoms with E-state index in [0.717, 1.165) is 45.9 Å². The number of dihydropyridines is 1. The summed E-state index contributed by atoms with van der Waals surface area (Å²) in [6, 6.07) is 0. The molecule has 1 unspecified atom stereocenters. The van der Waals surface area contributed by atoms with Crippen LogP contribution in [0.5, 0.6) is 0 Å². The van der Waals surface area contributed by atoms with Crippen LogP contribution in [-0.2, 0) is 9.47 Å². The Morgan fingerprint density at radius 3 is 3.06 bits per heavy atom. The lowest BCUT2D eigenvalue weighted by molar-refractivity contribution is 0.0252. The van der Waals surface area contributed by atoms with Crippen LogP contribution in [0.25, 0.3) is 0 Å². The fourth-order valence-electron chi connectivity index (χ4n) is 2.04. The first kappa shape index (κ1) is 12.6. The molecule has 0 aromatic heterocycles. The molecule has 4 nitrogen and oxygen atoms in total. The summed E-state index contributed by atoms with van der Waals surface area (Å²) in [5, 5.41) is 3.18. The summed E-state index contributed by atoms with van der Waals surface area (Å²) in [5.41, 5.74) is 1.25. The lowest BCUT2D eigenvalue weighted by Gasteiger charge is -2.26. The average molecular weight is 238 g/mol. The van der Waals surface area contributed by atoms with E-state index in [4.69, 9.17) is 9.47 Å². The van der Waals surface area contributed by atoms with Crippen molar-refractivity contribution in [2.45, 2.75) is 19.6 Å². The Kier molecular flexibility index (Phi) is 5.04. The Morgan fingerprint density at radius 2 is 2.29 bits per heavy atom. The number of ether oxygens (including phenoxy) is 2. The zero-order valence-electron chi connectivity index (χ0n) is 10.5. The first-order valence-corrected chi connectivity index (χ1v) is 6.37. The molecule has 1 saturated heterocycles. The minimum atomic E-state index is 0.0460. The summed E-state index contributed by atoms with van der Waals surface area (Å²) in [6.07, 6.45) is 7.23. The third-order valence-electron chi connectivity index (χ3n) is 3.04. The third-order valence-corrected chi connectivity index (χ3v) is 3.04. The Labute approximate surface area is 103 Å². The molecular weight excluding hydrogens is 216 g/mol. The van der Waals surface area contributed by atoms with Crippen LogP contribution in [-0.4, -0.2) is 50.6 Å². The molecule has 0 aromatic carbocycles. The number of nitrogens with zero attached hydrogens (tertiary/aromatic N) is 1. The Balaban J connectivity index is 1.55. The zero-order valence-corrected chi connectivity index (χ0v) is 10.5. The lowest BCUT2D eigenvalue weighted by atomic mass is 10.2. The maximum atomic E-state index is 5.75. The lowest BCUT2D eigenvalue weighted by Crippen LogP contribution is -2.37. The van der Waals surface area contributed by atoms with E-state index in [1.165, 1.54) is 5.57 Å². The van der Waals surface area contributed by atoms with Crippen molar-refractivity contribution in [2.75, 3.05) is 39.5 Å². The van der Waals surface area contributed by atoms with E-state index in [1.807, 2.05) is 12.3 Å². The molecule has 0 aliphatic carbocycles. The molecule has 1 fully saturated rings. The van der Waals surface area contributed by atoms with Crippen LogP contribution >= 0.6 is 0 Å². The second-order valence-corrected chi connectivity index (χ2v) is 4.51. The van der Waals surface area contributed by atoms with E-state index in [-0.39, 0.29) is 6.23 Å². The molecule has 2 aliphatic heterocycles. The molecule has 0 aromatic rings. The van der Waals surface area contributed by atoms with Crippen molar-refractivity contribution in [3.05, 3.63) is 23.9 Å². The number of hydrogen-bond acceptors (Lipinski definition) is 4. The van der Waals surface area contributed by atoms with E-state index >= 15 is 0 Å². The Bertz CT molecular complexity index is 283. The van der Waals surface area contributed by atoms with Gasteiger partial charge in [-0.05, 0) is 37.3 Å². The van der Waals surface area contributed by atoms with Crippen molar-refractivity contribution in [1.29, 1.82) is 0 Å². The smallest absolute Gasteiger partial charge is 0.147 e. The van der Waals surface area contributed by atoms with Crippen molar-refractivity contribution >= 4 is 0 Å². The number of rotatable bonds is 5. The SMILES string of the molecule is CC1=CC(OCCCN2CCOCC2)NC=C1. The second kappa shape index (κ2) is 6.79. The molecule has 0 spiro atoms. The van der Waals surface area contributed by atoms with Gasteiger partial charge in [-0.3, -0.25) is 4.90 Å².